The van der Waals surface area contributed by atoms with Gasteiger partial charge in [-0.05, 0) is 82.9 Å². The molecule has 0 nitrogen and oxygen atoms in total. The van der Waals surface area contributed by atoms with Crippen molar-refractivity contribution in [3.63, 3.8) is 0 Å². The maximum atomic E-state index is 2.48. The molecule has 0 heterocycles. The first-order valence-electron chi connectivity index (χ1n) is 14.3. The van der Waals surface area contributed by atoms with E-state index in [9.17, 15) is 0 Å². The zero-order valence-corrected chi connectivity index (χ0v) is 29.5. The van der Waals surface area contributed by atoms with Crippen LogP contribution >= 0.6 is 0 Å². The van der Waals surface area contributed by atoms with Gasteiger partial charge in [0.05, 0.1) is 0 Å². The largest absolute Gasteiger partial charge is 3.00 e. The summed E-state index contributed by atoms with van der Waals surface area (Å²) in [6.07, 6.45) is 17.0. The molecule has 0 fully saturated rings. The molecular formula is C38H53Y. The van der Waals surface area contributed by atoms with Crippen molar-refractivity contribution in [1.29, 1.82) is 0 Å². The fraction of sp³-hybridized carbons (Fsp3) is 0.395. The number of fused-ring (bicyclic) bond motifs is 2. The molecule has 0 spiro atoms. The Bertz CT molecular complexity index is 1170. The minimum atomic E-state index is 0. The van der Waals surface area contributed by atoms with Crippen molar-refractivity contribution in [3.05, 3.63) is 127 Å². The molecular weight excluding hydrogens is 545 g/mol. The molecule has 3 aliphatic carbocycles. The minimum absolute atomic E-state index is 0. The van der Waals surface area contributed by atoms with E-state index in [1.54, 1.807) is 5.57 Å². The van der Waals surface area contributed by atoms with Crippen LogP contribution in [0.2, 0.25) is 0 Å². The van der Waals surface area contributed by atoms with Gasteiger partial charge >= 0.3 is 32.7 Å². The van der Waals surface area contributed by atoms with Gasteiger partial charge in [0.2, 0.25) is 0 Å². The Labute approximate surface area is 268 Å². The Hall–Kier alpha value is -1.63. The smallest absolute Gasteiger partial charge is 0.358 e. The first-order chi connectivity index (χ1) is 17.5. The van der Waals surface area contributed by atoms with E-state index in [1.165, 1.54) is 50.1 Å². The zero-order valence-electron chi connectivity index (χ0n) is 26.6. The zero-order chi connectivity index (χ0) is 26.2. The third kappa shape index (κ3) is 8.93. The van der Waals surface area contributed by atoms with Crippen molar-refractivity contribution < 1.29 is 32.7 Å². The number of hydrogen-bond acceptors (Lipinski definition) is 0. The second-order valence-corrected chi connectivity index (χ2v) is 10.2. The minimum Gasteiger partial charge on any atom is -0.358 e. The van der Waals surface area contributed by atoms with Crippen LogP contribution in [0, 0.1) is 33.1 Å². The van der Waals surface area contributed by atoms with E-state index in [2.05, 4.69) is 94.8 Å². The number of rotatable bonds is 5. The monoisotopic (exact) mass is 598 g/mol. The molecule has 0 amide bonds. The molecule has 2 aromatic rings. The molecule has 208 valence electrons. The van der Waals surface area contributed by atoms with E-state index in [0.29, 0.717) is 11.8 Å². The summed E-state index contributed by atoms with van der Waals surface area (Å²) in [5.41, 5.74) is 14.9. The summed E-state index contributed by atoms with van der Waals surface area (Å²) in [7, 11) is 0. The normalized spacial score (nSPS) is 15.3. The van der Waals surface area contributed by atoms with Gasteiger partial charge in [-0.1, -0.05) is 108 Å². The van der Waals surface area contributed by atoms with Crippen LogP contribution in [0.4, 0.5) is 0 Å². The molecule has 0 saturated heterocycles. The maximum absolute atomic E-state index is 2.48. The van der Waals surface area contributed by atoms with E-state index in [4.69, 9.17) is 0 Å². The summed E-state index contributed by atoms with van der Waals surface area (Å²) in [5, 5.41) is 0. The van der Waals surface area contributed by atoms with Gasteiger partial charge in [0.1, 0.15) is 0 Å². The molecule has 0 radical (unpaired) electrons. The summed E-state index contributed by atoms with van der Waals surface area (Å²) in [5.74, 6) is 1.35. The number of hydrogen-bond donors (Lipinski definition) is 0. The maximum Gasteiger partial charge on any atom is 3.00 e. The van der Waals surface area contributed by atoms with Gasteiger partial charge in [0.15, 0.2) is 0 Å². The molecule has 39 heavy (non-hydrogen) atoms. The van der Waals surface area contributed by atoms with Crippen molar-refractivity contribution in [3.8, 4) is 0 Å². The predicted octanol–water partition coefficient (Wildman–Crippen LogP) is 11.3. The quantitative estimate of drug-likeness (QED) is 0.300. The van der Waals surface area contributed by atoms with Gasteiger partial charge in [-0.25, -0.2) is 18.1 Å². The van der Waals surface area contributed by atoms with E-state index >= 15 is 0 Å². The van der Waals surface area contributed by atoms with Crippen molar-refractivity contribution >= 4 is 11.1 Å². The van der Waals surface area contributed by atoms with Crippen LogP contribution in [0.5, 0.6) is 0 Å². The Morgan fingerprint density at radius 1 is 0.615 bits per heavy atom. The summed E-state index contributed by atoms with van der Waals surface area (Å²) < 4.78 is 0. The van der Waals surface area contributed by atoms with Gasteiger partial charge in [-0.2, -0.15) is 0 Å². The van der Waals surface area contributed by atoms with Gasteiger partial charge < -0.3 is 14.9 Å². The van der Waals surface area contributed by atoms with Gasteiger partial charge in [0, 0.05) is 0 Å². The van der Waals surface area contributed by atoms with Crippen molar-refractivity contribution in [1.82, 2.24) is 0 Å². The van der Waals surface area contributed by atoms with E-state index < -0.39 is 0 Å². The van der Waals surface area contributed by atoms with Crippen LogP contribution in [0.3, 0.4) is 0 Å². The van der Waals surface area contributed by atoms with Crippen LogP contribution < -0.4 is 0 Å². The first-order valence-corrected chi connectivity index (χ1v) is 14.3. The third-order valence-electron chi connectivity index (χ3n) is 7.94. The molecule has 1 heteroatoms. The van der Waals surface area contributed by atoms with Crippen LogP contribution in [-0.4, -0.2) is 0 Å². The number of benzene rings is 2. The fourth-order valence-corrected chi connectivity index (χ4v) is 5.37. The van der Waals surface area contributed by atoms with Crippen LogP contribution in [0.1, 0.15) is 102 Å². The van der Waals surface area contributed by atoms with Gasteiger partial charge in [0.25, 0.3) is 0 Å². The van der Waals surface area contributed by atoms with E-state index in [1.807, 2.05) is 27.7 Å². The molecule has 5 rings (SSSR count). The van der Waals surface area contributed by atoms with Crippen molar-refractivity contribution in [2.24, 2.45) is 11.8 Å². The topological polar surface area (TPSA) is 0 Å². The average Bonchev–Trinajstić information content (AvgIpc) is 3.57. The SMILES string of the molecule is CC.CC.C[CH-]C1=CC=C(c2ccc3c(c2)CCc2ccc(C4=CC=C(C(C)C(C)C)C4)cc2C3)C1.[CH3-].[CH3-].[Y+3]. The standard InChI is InChI=1S/C32H35.2C2H6.2CH3.Y/c1-5-23-6-7-26(16-23)28-14-15-31-20-32-19-30(12-9-24(32)8-11-29(31)18-28)27-13-10-25(17-27)22(4)21(2)3;2*1-2;;;/h5-7,9-10,12-15,18-19,21-22H,8,11,16-17,20H2,1-4H3;2*1-2H3;2*1H3;/q-1;;;2*-1;+3. The number of aryl methyl sites for hydroxylation is 2. The Morgan fingerprint density at radius 2 is 1.15 bits per heavy atom. The van der Waals surface area contributed by atoms with E-state index in [-0.39, 0.29) is 47.6 Å². The third-order valence-corrected chi connectivity index (χ3v) is 7.94. The van der Waals surface area contributed by atoms with Crippen LogP contribution in [-0.2, 0) is 52.0 Å². The molecule has 0 aromatic heterocycles. The second kappa shape index (κ2) is 17.9. The summed E-state index contributed by atoms with van der Waals surface area (Å²) >= 11 is 0. The summed E-state index contributed by atoms with van der Waals surface area (Å²) in [6.45, 7) is 17.2. The Balaban J connectivity index is 0.00000197. The molecule has 0 saturated carbocycles. The van der Waals surface area contributed by atoms with Crippen molar-refractivity contribution in [2.45, 2.75) is 87.5 Å². The molecule has 2 aromatic carbocycles. The van der Waals surface area contributed by atoms with Gasteiger partial charge in [-0.3, -0.25) is 0 Å². The Kier molecular flexibility index (Phi) is 17.2. The van der Waals surface area contributed by atoms with E-state index in [0.717, 1.165) is 32.1 Å². The molecule has 0 N–H and O–H groups in total. The predicted molar refractivity (Wildman–Crippen MR) is 174 cm³/mol. The molecule has 0 aliphatic heterocycles. The first kappa shape index (κ1) is 37.4. The second-order valence-electron chi connectivity index (χ2n) is 10.2. The average molecular weight is 599 g/mol. The molecule has 1 unspecified atom stereocenters. The van der Waals surface area contributed by atoms with Gasteiger partial charge in [-0.15, -0.1) is 13.0 Å². The molecule has 0 bridgehead atoms. The summed E-state index contributed by atoms with van der Waals surface area (Å²) in [6, 6.07) is 14.4. The van der Waals surface area contributed by atoms with Crippen molar-refractivity contribution in [2.75, 3.05) is 0 Å². The Morgan fingerprint density at radius 3 is 1.74 bits per heavy atom. The number of allylic oxidation sites excluding steroid dienone is 8. The van der Waals surface area contributed by atoms with Crippen LogP contribution in [0.15, 0.2) is 71.8 Å². The summed E-state index contributed by atoms with van der Waals surface area (Å²) in [4.78, 5) is 0. The van der Waals surface area contributed by atoms with Crippen LogP contribution in [0.25, 0.3) is 11.1 Å². The molecule has 3 aliphatic rings. The fourth-order valence-electron chi connectivity index (χ4n) is 5.37. The molecule has 1 atom stereocenters.